The number of ether oxygens (including phenoxy) is 2. The molecule has 1 N–H and O–H groups in total. The minimum Gasteiger partial charge on any atom is -0.493 e. The number of aromatic nitrogens is 1. The van der Waals surface area contributed by atoms with Crippen molar-refractivity contribution in [3.63, 3.8) is 0 Å². The predicted molar refractivity (Wildman–Crippen MR) is 129 cm³/mol. The molecule has 0 bridgehead atoms. The smallest absolute Gasteiger partial charge is 0.416 e. The number of nitrogens with zero attached hydrogens (tertiary/aromatic N) is 1. The molecule has 4 rings (SSSR count). The highest BCUT2D eigenvalue weighted by molar-refractivity contribution is 7.19. The molecule has 0 radical (unpaired) electrons. The molecule has 0 saturated carbocycles. The molecule has 3 aromatic carbocycles. The quantitative estimate of drug-likeness (QED) is 0.285. The summed E-state index contributed by atoms with van der Waals surface area (Å²) in [4.78, 5) is 16.1. The van der Waals surface area contributed by atoms with Gasteiger partial charge in [0.25, 0.3) is 0 Å². The Morgan fingerprint density at radius 3 is 2.57 bits per heavy atom. The molecule has 1 aromatic heterocycles. The molecule has 4 aromatic rings. The SMILES string of the molecule is COc1cc(/C=C(/CC(=O)O)c2nc3ccccc3s2)ccc1OCc1cccc(C(F)(F)F)c1. The Kier molecular flexibility index (Phi) is 7.07. The summed E-state index contributed by atoms with van der Waals surface area (Å²) in [6.45, 7) is -0.0779. The zero-order valence-corrected chi connectivity index (χ0v) is 19.3. The first-order valence-corrected chi connectivity index (χ1v) is 11.3. The second kappa shape index (κ2) is 10.2. The van der Waals surface area contributed by atoms with E-state index in [4.69, 9.17) is 9.47 Å². The van der Waals surface area contributed by atoms with Crippen LogP contribution >= 0.6 is 11.3 Å². The summed E-state index contributed by atoms with van der Waals surface area (Å²) in [7, 11) is 1.45. The number of benzene rings is 3. The Bertz CT molecular complexity index is 1360. The van der Waals surface area contributed by atoms with Gasteiger partial charge in [-0.1, -0.05) is 30.3 Å². The third-order valence-corrected chi connectivity index (χ3v) is 6.20. The molecule has 1 heterocycles. The van der Waals surface area contributed by atoms with Crippen LogP contribution in [0, 0.1) is 0 Å². The van der Waals surface area contributed by atoms with Crippen LogP contribution in [0.25, 0.3) is 21.9 Å². The van der Waals surface area contributed by atoms with Gasteiger partial charge in [0.05, 0.1) is 29.3 Å². The van der Waals surface area contributed by atoms with Crippen LogP contribution in [0.1, 0.15) is 28.1 Å². The van der Waals surface area contributed by atoms with E-state index in [1.54, 1.807) is 30.3 Å². The third-order valence-electron chi connectivity index (χ3n) is 5.09. The van der Waals surface area contributed by atoms with Crippen molar-refractivity contribution in [3.8, 4) is 11.5 Å². The van der Waals surface area contributed by atoms with Gasteiger partial charge in [0.2, 0.25) is 0 Å². The van der Waals surface area contributed by atoms with Crippen LogP contribution in [0.15, 0.2) is 66.7 Å². The number of halogens is 3. The number of carbonyl (C=O) groups is 1. The molecule has 0 aliphatic rings. The van der Waals surface area contributed by atoms with E-state index >= 15 is 0 Å². The lowest BCUT2D eigenvalue weighted by molar-refractivity contribution is -0.138. The first-order chi connectivity index (χ1) is 16.7. The number of rotatable bonds is 8. The largest absolute Gasteiger partial charge is 0.493 e. The minimum absolute atomic E-state index is 0.0779. The maximum absolute atomic E-state index is 13.0. The number of thiazole rings is 1. The zero-order valence-electron chi connectivity index (χ0n) is 18.5. The van der Waals surface area contributed by atoms with Crippen molar-refractivity contribution in [1.29, 1.82) is 0 Å². The van der Waals surface area contributed by atoms with Gasteiger partial charge in [0.1, 0.15) is 11.6 Å². The summed E-state index contributed by atoms with van der Waals surface area (Å²) >= 11 is 1.41. The summed E-state index contributed by atoms with van der Waals surface area (Å²) < 4.78 is 50.9. The molecular weight excluding hydrogens is 479 g/mol. The highest BCUT2D eigenvalue weighted by atomic mass is 32.1. The molecule has 0 unspecified atom stereocenters. The molecule has 0 aliphatic carbocycles. The van der Waals surface area contributed by atoms with E-state index in [9.17, 15) is 23.1 Å². The van der Waals surface area contributed by atoms with Crippen LogP contribution in [0.4, 0.5) is 13.2 Å². The van der Waals surface area contributed by atoms with Crippen molar-refractivity contribution in [3.05, 3.63) is 88.4 Å². The molecule has 180 valence electrons. The lowest BCUT2D eigenvalue weighted by atomic mass is 10.1. The number of aliphatic carboxylic acids is 1. The van der Waals surface area contributed by atoms with Gasteiger partial charge in [0, 0.05) is 0 Å². The van der Waals surface area contributed by atoms with Crippen molar-refractivity contribution in [2.75, 3.05) is 7.11 Å². The summed E-state index contributed by atoms with van der Waals surface area (Å²) in [6.07, 6.45) is -2.92. The number of fused-ring (bicyclic) bond motifs is 1. The van der Waals surface area contributed by atoms with Gasteiger partial charge in [-0.05, 0) is 59.2 Å². The molecule has 9 heteroatoms. The van der Waals surface area contributed by atoms with Crippen molar-refractivity contribution in [1.82, 2.24) is 4.98 Å². The van der Waals surface area contributed by atoms with E-state index in [0.29, 0.717) is 33.2 Å². The molecule has 0 aliphatic heterocycles. The van der Waals surface area contributed by atoms with Crippen LogP contribution in [0.3, 0.4) is 0 Å². The summed E-state index contributed by atoms with van der Waals surface area (Å²) in [6, 6.07) is 17.5. The average Bonchev–Trinajstić information content (AvgIpc) is 3.26. The summed E-state index contributed by atoms with van der Waals surface area (Å²) in [5.74, 6) is -0.268. The highest BCUT2D eigenvalue weighted by Gasteiger charge is 2.30. The van der Waals surface area contributed by atoms with E-state index in [1.807, 2.05) is 24.3 Å². The maximum atomic E-state index is 13.0. The van der Waals surface area contributed by atoms with E-state index < -0.39 is 17.7 Å². The average molecular weight is 500 g/mol. The second-order valence-corrected chi connectivity index (χ2v) is 8.65. The van der Waals surface area contributed by atoms with Crippen molar-refractivity contribution < 1.29 is 32.5 Å². The molecular formula is C26H20F3NO4S. The number of methoxy groups -OCH3 is 1. The third kappa shape index (κ3) is 5.99. The Morgan fingerprint density at radius 2 is 1.86 bits per heavy atom. The predicted octanol–water partition coefficient (Wildman–Crippen LogP) is 6.92. The number of hydrogen-bond acceptors (Lipinski definition) is 5. The first-order valence-electron chi connectivity index (χ1n) is 10.5. The normalized spacial score (nSPS) is 12.1. The molecule has 0 amide bonds. The fourth-order valence-electron chi connectivity index (χ4n) is 3.45. The van der Waals surface area contributed by atoms with Gasteiger partial charge in [-0.2, -0.15) is 13.2 Å². The van der Waals surface area contributed by atoms with Crippen LogP contribution in [-0.4, -0.2) is 23.2 Å². The lowest BCUT2D eigenvalue weighted by Gasteiger charge is -2.13. The van der Waals surface area contributed by atoms with Crippen molar-refractivity contribution in [2.45, 2.75) is 19.2 Å². The fraction of sp³-hybridized carbons (Fsp3) is 0.154. The number of carboxylic acids is 1. The molecule has 0 saturated heterocycles. The van der Waals surface area contributed by atoms with Gasteiger partial charge < -0.3 is 14.6 Å². The van der Waals surface area contributed by atoms with Crippen LogP contribution in [0.2, 0.25) is 0 Å². The number of alkyl halides is 3. The topological polar surface area (TPSA) is 68.7 Å². The Morgan fingerprint density at radius 1 is 1.06 bits per heavy atom. The number of para-hydroxylation sites is 1. The second-order valence-electron chi connectivity index (χ2n) is 7.62. The summed E-state index contributed by atoms with van der Waals surface area (Å²) in [5, 5.41) is 10.0. The lowest BCUT2D eigenvalue weighted by Crippen LogP contribution is -2.06. The van der Waals surface area contributed by atoms with Gasteiger partial charge in [-0.3, -0.25) is 4.79 Å². The molecule has 35 heavy (non-hydrogen) atoms. The van der Waals surface area contributed by atoms with Gasteiger partial charge in [-0.15, -0.1) is 11.3 Å². The fourth-order valence-corrected chi connectivity index (χ4v) is 4.43. The molecule has 0 fully saturated rings. The van der Waals surface area contributed by atoms with E-state index in [0.717, 1.165) is 22.3 Å². The molecule has 5 nitrogen and oxygen atoms in total. The summed E-state index contributed by atoms with van der Waals surface area (Å²) in [5.41, 5.74) is 1.62. The maximum Gasteiger partial charge on any atom is 0.416 e. The minimum atomic E-state index is -4.43. The monoisotopic (exact) mass is 499 g/mol. The Labute approximate surface area is 203 Å². The number of carboxylic acid groups (broad SMARTS) is 1. The van der Waals surface area contributed by atoms with Gasteiger partial charge >= 0.3 is 12.1 Å². The van der Waals surface area contributed by atoms with E-state index in [2.05, 4.69) is 4.98 Å². The van der Waals surface area contributed by atoms with Gasteiger partial charge in [-0.25, -0.2) is 4.98 Å². The van der Waals surface area contributed by atoms with Crippen molar-refractivity contribution in [2.24, 2.45) is 0 Å². The van der Waals surface area contributed by atoms with Crippen LogP contribution in [0.5, 0.6) is 11.5 Å². The number of hydrogen-bond donors (Lipinski definition) is 1. The van der Waals surface area contributed by atoms with Crippen LogP contribution < -0.4 is 9.47 Å². The molecule has 0 spiro atoms. The van der Waals surface area contributed by atoms with Gasteiger partial charge in [0.15, 0.2) is 11.5 Å². The first kappa shape index (κ1) is 24.3. The zero-order chi connectivity index (χ0) is 25.0. The van der Waals surface area contributed by atoms with E-state index in [1.165, 1.54) is 24.5 Å². The highest BCUT2D eigenvalue weighted by Crippen LogP contribution is 2.34. The Hall–Kier alpha value is -3.85. The van der Waals surface area contributed by atoms with E-state index in [-0.39, 0.29) is 13.0 Å². The van der Waals surface area contributed by atoms with Crippen molar-refractivity contribution >= 4 is 39.2 Å². The molecule has 0 atom stereocenters. The standard InChI is InChI=1S/C26H20F3NO4S/c1-33-22-13-16(9-10-21(22)34-15-17-5-4-6-19(12-17)26(27,28)29)11-18(14-24(31)32)25-30-20-7-2-3-8-23(20)35-25/h2-13H,14-15H2,1H3,(H,31,32)/b18-11-. The Balaban J connectivity index is 1.59. The van der Waals surface area contributed by atoms with Crippen LogP contribution in [-0.2, 0) is 17.6 Å².